The fraction of sp³-hybridized carbons (Fsp3) is 0.643. The Kier molecular flexibility index (Phi) is 4.85. The van der Waals surface area contributed by atoms with Gasteiger partial charge in [-0.3, -0.25) is 9.99 Å². The van der Waals surface area contributed by atoms with Crippen molar-refractivity contribution in [3.05, 3.63) is 30.1 Å². The van der Waals surface area contributed by atoms with Gasteiger partial charge in [-0.2, -0.15) is 5.11 Å². The Hall–Kier alpha value is -1.49. The second kappa shape index (κ2) is 6.61. The van der Waals surface area contributed by atoms with E-state index in [4.69, 9.17) is 0 Å². The van der Waals surface area contributed by atoms with Gasteiger partial charge in [0.2, 0.25) is 0 Å². The van der Waals surface area contributed by atoms with Crippen molar-refractivity contribution in [1.29, 1.82) is 0 Å². The number of nitrogens with one attached hydrogen (secondary N) is 1. The first-order valence-electron chi connectivity index (χ1n) is 6.93. The lowest BCUT2D eigenvalue weighted by atomic mass is 9.99. The molecule has 0 radical (unpaired) electrons. The zero-order valence-corrected chi connectivity index (χ0v) is 11.8. The predicted molar refractivity (Wildman–Crippen MR) is 75.9 cm³/mol. The van der Waals surface area contributed by atoms with E-state index in [1.807, 2.05) is 25.5 Å². The first kappa shape index (κ1) is 13.9. The number of aromatic nitrogens is 1. The molecule has 1 aromatic rings. The fourth-order valence-electron chi connectivity index (χ4n) is 2.29. The number of pyridine rings is 1. The number of hydrogen-bond acceptors (Lipinski definition) is 5. The van der Waals surface area contributed by atoms with E-state index in [-0.39, 0.29) is 5.54 Å². The van der Waals surface area contributed by atoms with Gasteiger partial charge in [-0.25, -0.2) is 0 Å². The molecule has 1 N–H and O–H groups in total. The van der Waals surface area contributed by atoms with Gasteiger partial charge in [-0.15, -0.1) is 0 Å². The van der Waals surface area contributed by atoms with Crippen LogP contribution in [-0.2, 0) is 6.42 Å². The van der Waals surface area contributed by atoms with Crippen LogP contribution < -0.4 is 5.32 Å². The highest BCUT2D eigenvalue weighted by Gasteiger charge is 2.31. The molecule has 104 valence electrons. The minimum atomic E-state index is -0.0166. The summed E-state index contributed by atoms with van der Waals surface area (Å²) in [5, 5.41) is 14.0. The first-order chi connectivity index (χ1) is 9.22. The van der Waals surface area contributed by atoms with Crippen LogP contribution in [0.2, 0.25) is 0 Å². The fourth-order valence-corrected chi connectivity index (χ4v) is 2.29. The van der Waals surface area contributed by atoms with E-state index >= 15 is 0 Å². The van der Waals surface area contributed by atoms with E-state index in [2.05, 4.69) is 38.6 Å². The van der Waals surface area contributed by atoms with Crippen LogP contribution in [0.15, 0.2) is 34.9 Å². The average Bonchev–Trinajstić information content (AvgIpc) is 2.80. The van der Waals surface area contributed by atoms with Crippen LogP contribution in [0.25, 0.3) is 0 Å². The lowest BCUT2D eigenvalue weighted by Gasteiger charge is -2.21. The van der Waals surface area contributed by atoms with E-state index in [1.54, 1.807) is 0 Å². The maximum atomic E-state index is 4.41. The largest absolute Gasteiger partial charge is 0.320 e. The van der Waals surface area contributed by atoms with Crippen molar-refractivity contribution in [1.82, 2.24) is 15.3 Å². The standard InChI is InChI=1S/C14H23N5/c1-14(7-9-15-2)12-19(18-17-14)10-4-6-13-5-3-8-16-11-13/h3,5,8,11,15H,4,6-7,9-10,12H2,1-2H3. The molecule has 0 saturated heterocycles. The van der Waals surface area contributed by atoms with Gasteiger partial charge in [0.05, 0.1) is 6.54 Å². The molecule has 1 aliphatic heterocycles. The van der Waals surface area contributed by atoms with E-state index in [0.29, 0.717) is 0 Å². The molecule has 1 unspecified atom stereocenters. The summed E-state index contributed by atoms with van der Waals surface area (Å²) in [7, 11) is 1.97. The Bertz CT molecular complexity index is 406. The topological polar surface area (TPSA) is 52.9 Å². The van der Waals surface area contributed by atoms with Crippen LogP contribution in [0.4, 0.5) is 0 Å². The molecule has 5 nitrogen and oxygen atoms in total. The lowest BCUT2D eigenvalue weighted by Crippen LogP contribution is -2.34. The molecule has 0 amide bonds. The molecule has 0 saturated carbocycles. The van der Waals surface area contributed by atoms with E-state index < -0.39 is 0 Å². The highest BCUT2D eigenvalue weighted by Crippen LogP contribution is 2.24. The molecule has 0 aliphatic carbocycles. The number of nitrogens with zero attached hydrogens (tertiary/aromatic N) is 4. The Morgan fingerprint density at radius 2 is 2.37 bits per heavy atom. The van der Waals surface area contributed by atoms with Crippen molar-refractivity contribution in [3.8, 4) is 0 Å². The molecule has 0 fully saturated rings. The minimum Gasteiger partial charge on any atom is -0.320 e. The van der Waals surface area contributed by atoms with Gasteiger partial charge in [0.25, 0.3) is 0 Å². The summed E-state index contributed by atoms with van der Waals surface area (Å²) in [5.41, 5.74) is 1.27. The third-order valence-electron chi connectivity index (χ3n) is 3.45. The summed E-state index contributed by atoms with van der Waals surface area (Å²) in [6, 6.07) is 4.11. The quantitative estimate of drug-likeness (QED) is 0.817. The van der Waals surface area contributed by atoms with Crippen molar-refractivity contribution in [2.45, 2.75) is 31.7 Å². The smallest absolute Gasteiger partial charge is 0.101 e. The summed E-state index contributed by atoms with van der Waals surface area (Å²) < 4.78 is 0. The van der Waals surface area contributed by atoms with Crippen LogP contribution in [0.5, 0.6) is 0 Å². The molecule has 1 atom stereocenters. The summed E-state index contributed by atoms with van der Waals surface area (Å²) in [6.45, 7) is 5.06. The zero-order valence-electron chi connectivity index (χ0n) is 11.8. The number of hydrogen-bond donors (Lipinski definition) is 1. The van der Waals surface area contributed by atoms with Crippen molar-refractivity contribution in [2.24, 2.45) is 10.3 Å². The summed E-state index contributed by atoms with van der Waals surface area (Å²) in [6.07, 6.45) is 6.92. The van der Waals surface area contributed by atoms with E-state index in [9.17, 15) is 0 Å². The molecule has 0 bridgehead atoms. The van der Waals surface area contributed by atoms with Crippen molar-refractivity contribution < 1.29 is 0 Å². The lowest BCUT2D eigenvalue weighted by molar-refractivity contribution is 0.275. The van der Waals surface area contributed by atoms with Gasteiger partial charge in [-0.1, -0.05) is 11.3 Å². The molecule has 0 spiro atoms. The Morgan fingerprint density at radius 3 is 3.11 bits per heavy atom. The van der Waals surface area contributed by atoms with Crippen LogP contribution in [0, 0.1) is 0 Å². The second-order valence-corrected chi connectivity index (χ2v) is 5.39. The van der Waals surface area contributed by atoms with Crippen molar-refractivity contribution in [2.75, 3.05) is 26.7 Å². The van der Waals surface area contributed by atoms with Gasteiger partial charge in [0.15, 0.2) is 0 Å². The van der Waals surface area contributed by atoms with Crippen molar-refractivity contribution >= 4 is 0 Å². The molecule has 1 aliphatic rings. The van der Waals surface area contributed by atoms with Crippen molar-refractivity contribution in [3.63, 3.8) is 0 Å². The first-order valence-corrected chi connectivity index (χ1v) is 6.93. The average molecular weight is 261 g/mol. The van der Waals surface area contributed by atoms with Gasteiger partial charge in [0.1, 0.15) is 5.54 Å². The highest BCUT2D eigenvalue weighted by molar-refractivity contribution is 5.08. The van der Waals surface area contributed by atoms with E-state index in [1.165, 1.54) is 5.56 Å². The van der Waals surface area contributed by atoms with Gasteiger partial charge in [-0.05, 0) is 51.4 Å². The minimum absolute atomic E-state index is 0.0166. The predicted octanol–water partition coefficient (Wildman–Crippen LogP) is 2.07. The molecule has 5 heteroatoms. The normalized spacial score (nSPS) is 22.1. The van der Waals surface area contributed by atoms with Gasteiger partial charge < -0.3 is 5.32 Å². The molecule has 1 aromatic heterocycles. The molecular formula is C14H23N5. The molecular weight excluding hydrogens is 238 g/mol. The van der Waals surface area contributed by atoms with Gasteiger partial charge in [0, 0.05) is 18.9 Å². The molecule has 19 heavy (non-hydrogen) atoms. The number of rotatable bonds is 7. The maximum absolute atomic E-state index is 4.41. The van der Waals surface area contributed by atoms with Gasteiger partial charge >= 0.3 is 0 Å². The monoisotopic (exact) mass is 261 g/mol. The van der Waals surface area contributed by atoms with E-state index in [0.717, 1.165) is 38.9 Å². The Balaban J connectivity index is 1.70. The van der Waals surface area contributed by atoms with Crippen LogP contribution in [0.3, 0.4) is 0 Å². The molecule has 2 heterocycles. The third kappa shape index (κ3) is 4.28. The number of aryl methyl sites for hydroxylation is 1. The molecule has 0 aromatic carbocycles. The highest BCUT2D eigenvalue weighted by atomic mass is 15.6. The summed E-state index contributed by atoms with van der Waals surface area (Å²) in [5.74, 6) is 0. The second-order valence-electron chi connectivity index (χ2n) is 5.39. The Labute approximate surface area is 115 Å². The van der Waals surface area contributed by atoms with Crippen LogP contribution >= 0.6 is 0 Å². The maximum Gasteiger partial charge on any atom is 0.101 e. The zero-order chi connectivity index (χ0) is 13.6. The summed E-state index contributed by atoms with van der Waals surface area (Å²) >= 11 is 0. The summed E-state index contributed by atoms with van der Waals surface area (Å²) in [4.78, 5) is 4.13. The third-order valence-corrected chi connectivity index (χ3v) is 3.45. The SMILES string of the molecule is CNCCC1(C)CN(CCCc2cccnc2)N=N1. The van der Waals surface area contributed by atoms with Crippen LogP contribution in [-0.4, -0.2) is 42.2 Å². The molecule has 2 rings (SSSR count). The Morgan fingerprint density at radius 1 is 1.47 bits per heavy atom. The van der Waals surface area contributed by atoms with Crippen LogP contribution in [0.1, 0.15) is 25.3 Å².